The van der Waals surface area contributed by atoms with E-state index >= 15 is 0 Å². The highest BCUT2D eigenvalue weighted by Gasteiger charge is 2.30. The zero-order valence-electron chi connectivity index (χ0n) is 9.57. The lowest BCUT2D eigenvalue weighted by molar-refractivity contribution is -0.133. The Morgan fingerprint density at radius 1 is 1.71 bits per heavy atom. The van der Waals surface area contributed by atoms with E-state index in [0.717, 1.165) is 19.3 Å². The fraction of sp³-hybridized carbons (Fsp3) is 0.700. The van der Waals surface area contributed by atoms with Crippen molar-refractivity contribution in [2.24, 2.45) is 0 Å². The minimum absolute atomic E-state index is 0.00304. The summed E-state index contributed by atoms with van der Waals surface area (Å²) in [6.45, 7) is 0. The first-order valence-corrected chi connectivity index (χ1v) is 6.48. The van der Waals surface area contributed by atoms with Crippen LogP contribution >= 0.6 is 11.8 Å². The molecule has 1 heterocycles. The normalized spacial score (nSPS) is 24.1. The fourth-order valence-corrected chi connectivity index (χ4v) is 2.88. The van der Waals surface area contributed by atoms with Gasteiger partial charge in [-0.15, -0.1) is 10.2 Å². The maximum absolute atomic E-state index is 10.5. The van der Waals surface area contributed by atoms with Gasteiger partial charge in [0.1, 0.15) is 6.33 Å². The Hall–Kier alpha value is -1.08. The van der Waals surface area contributed by atoms with Crippen molar-refractivity contribution in [2.45, 2.75) is 36.6 Å². The lowest BCUT2D eigenvalue weighted by atomic mass is 10.2. The van der Waals surface area contributed by atoms with Gasteiger partial charge in [-0.3, -0.25) is 4.79 Å². The van der Waals surface area contributed by atoms with Crippen LogP contribution in [0.15, 0.2) is 11.5 Å². The van der Waals surface area contributed by atoms with Crippen LogP contribution in [-0.4, -0.2) is 44.8 Å². The number of carboxylic acids is 1. The molecular weight excluding hydrogens is 242 g/mol. The molecule has 7 heteroatoms. The average Bonchev–Trinajstić information content (AvgIpc) is 2.93. The molecule has 0 aliphatic heterocycles. The highest BCUT2D eigenvalue weighted by molar-refractivity contribution is 7.99. The number of carboxylic acid groups (broad SMARTS) is 1. The van der Waals surface area contributed by atoms with Crippen LogP contribution in [0.5, 0.6) is 0 Å². The molecule has 0 radical (unpaired) electrons. The lowest BCUT2D eigenvalue weighted by Gasteiger charge is -2.20. The minimum atomic E-state index is -0.848. The van der Waals surface area contributed by atoms with Gasteiger partial charge in [-0.25, -0.2) is 0 Å². The first kappa shape index (κ1) is 12.4. The molecule has 1 aromatic rings. The van der Waals surface area contributed by atoms with E-state index in [-0.39, 0.29) is 17.9 Å². The topological polar surface area (TPSA) is 77.2 Å². The van der Waals surface area contributed by atoms with Crippen molar-refractivity contribution in [3.05, 3.63) is 6.33 Å². The molecule has 2 atom stereocenters. The van der Waals surface area contributed by atoms with Crippen molar-refractivity contribution in [3.8, 4) is 0 Å². The summed E-state index contributed by atoms with van der Waals surface area (Å²) in [4.78, 5) is 10.5. The number of ether oxygens (including phenoxy) is 1. The van der Waals surface area contributed by atoms with E-state index < -0.39 is 5.97 Å². The van der Waals surface area contributed by atoms with Gasteiger partial charge < -0.3 is 14.4 Å². The molecule has 1 aliphatic rings. The summed E-state index contributed by atoms with van der Waals surface area (Å²) in [7, 11) is 1.71. The lowest BCUT2D eigenvalue weighted by Crippen LogP contribution is -2.20. The predicted molar refractivity (Wildman–Crippen MR) is 62.1 cm³/mol. The Morgan fingerprint density at radius 3 is 3.24 bits per heavy atom. The molecule has 2 unspecified atom stereocenters. The van der Waals surface area contributed by atoms with Gasteiger partial charge in [0.2, 0.25) is 0 Å². The van der Waals surface area contributed by atoms with Crippen LogP contribution in [-0.2, 0) is 9.53 Å². The van der Waals surface area contributed by atoms with E-state index in [1.54, 1.807) is 13.4 Å². The number of hydrogen-bond donors (Lipinski definition) is 1. The van der Waals surface area contributed by atoms with E-state index in [4.69, 9.17) is 9.84 Å². The number of nitrogens with zero attached hydrogens (tertiary/aromatic N) is 3. The number of aliphatic carboxylic acids is 1. The molecular formula is C10H15N3O3S. The summed E-state index contributed by atoms with van der Waals surface area (Å²) in [5, 5.41) is 17.1. The van der Waals surface area contributed by atoms with Crippen LogP contribution in [0.4, 0.5) is 0 Å². The van der Waals surface area contributed by atoms with Crippen molar-refractivity contribution in [1.29, 1.82) is 0 Å². The molecule has 1 aliphatic carbocycles. The fourth-order valence-electron chi connectivity index (χ4n) is 2.19. The van der Waals surface area contributed by atoms with E-state index in [9.17, 15) is 4.79 Å². The number of methoxy groups -OCH3 is 1. The van der Waals surface area contributed by atoms with Crippen molar-refractivity contribution >= 4 is 17.7 Å². The Balaban J connectivity index is 2.09. The van der Waals surface area contributed by atoms with Gasteiger partial charge in [-0.1, -0.05) is 11.8 Å². The quantitative estimate of drug-likeness (QED) is 0.798. The average molecular weight is 257 g/mol. The van der Waals surface area contributed by atoms with Crippen molar-refractivity contribution in [1.82, 2.24) is 14.8 Å². The molecule has 0 amide bonds. The molecule has 0 aromatic carbocycles. The Bertz CT molecular complexity index is 396. The second kappa shape index (κ2) is 5.50. The van der Waals surface area contributed by atoms with Crippen LogP contribution in [0.25, 0.3) is 0 Å². The Kier molecular flexibility index (Phi) is 4.01. The minimum Gasteiger partial charge on any atom is -0.481 e. The SMILES string of the molecule is COC1CCCC1n1cnnc1SCC(=O)O. The molecule has 2 rings (SSSR count). The maximum Gasteiger partial charge on any atom is 0.313 e. The third-order valence-electron chi connectivity index (χ3n) is 2.94. The van der Waals surface area contributed by atoms with Crippen LogP contribution < -0.4 is 0 Å². The molecule has 17 heavy (non-hydrogen) atoms. The predicted octanol–water partition coefficient (Wildman–Crippen LogP) is 1.19. The van der Waals surface area contributed by atoms with Gasteiger partial charge >= 0.3 is 5.97 Å². The molecule has 1 N–H and O–H groups in total. The summed E-state index contributed by atoms with van der Waals surface area (Å²) in [5.41, 5.74) is 0. The van der Waals surface area contributed by atoms with Gasteiger partial charge in [0.25, 0.3) is 0 Å². The number of rotatable bonds is 5. The van der Waals surface area contributed by atoms with E-state index in [1.807, 2.05) is 4.57 Å². The van der Waals surface area contributed by atoms with Crippen LogP contribution in [0.2, 0.25) is 0 Å². The van der Waals surface area contributed by atoms with E-state index in [1.165, 1.54) is 11.8 Å². The van der Waals surface area contributed by atoms with Crippen molar-refractivity contribution in [2.75, 3.05) is 12.9 Å². The second-order valence-electron chi connectivity index (χ2n) is 3.98. The number of aromatic nitrogens is 3. The standard InChI is InChI=1S/C10H15N3O3S/c1-16-8-4-2-3-7(8)13-6-11-12-10(13)17-5-9(14)15/h6-8H,2-5H2,1H3,(H,14,15). The molecule has 1 saturated carbocycles. The van der Waals surface area contributed by atoms with E-state index in [2.05, 4.69) is 10.2 Å². The van der Waals surface area contributed by atoms with Gasteiger partial charge in [0.05, 0.1) is 17.9 Å². The van der Waals surface area contributed by atoms with Gasteiger partial charge in [0.15, 0.2) is 5.16 Å². The van der Waals surface area contributed by atoms with Crippen molar-refractivity contribution in [3.63, 3.8) is 0 Å². The third-order valence-corrected chi connectivity index (χ3v) is 3.88. The van der Waals surface area contributed by atoms with Crippen LogP contribution in [0.3, 0.4) is 0 Å². The Morgan fingerprint density at radius 2 is 2.53 bits per heavy atom. The number of hydrogen-bond acceptors (Lipinski definition) is 5. The number of thioether (sulfide) groups is 1. The van der Waals surface area contributed by atoms with Crippen LogP contribution in [0.1, 0.15) is 25.3 Å². The van der Waals surface area contributed by atoms with Gasteiger partial charge in [-0.05, 0) is 19.3 Å². The molecule has 0 bridgehead atoms. The van der Waals surface area contributed by atoms with Gasteiger partial charge in [0, 0.05) is 7.11 Å². The zero-order valence-corrected chi connectivity index (χ0v) is 10.4. The monoisotopic (exact) mass is 257 g/mol. The third kappa shape index (κ3) is 2.78. The van der Waals surface area contributed by atoms with Gasteiger partial charge in [-0.2, -0.15) is 0 Å². The maximum atomic E-state index is 10.5. The summed E-state index contributed by atoms with van der Waals surface area (Å²) >= 11 is 1.20. The molecule has 6 nitrogen and oxygen atoms in total. The molecule has 1 aromatic heterocycles. The van der Waals surface area contributed by atoms with Crippen molar-refractivity contribution < 1.29 is 14.6 Å². The summed E-state index contributed by atoms with van der Waals surface area (Å²) in [6.07, 6.45) is 5.01. The number of carbonyl (C=O) groups is 1. The smallest absolute Gasteiger partial charge is 0.313 e. The first-order valence-electron chi connectivity index (χ1n) is 5.49. The summed E-state index contributed by atoms with van der Waals surface area (Å²) in [5.74, 6) is -0.845. The zero-order chi connectivity index (χ0) is 12.3. The highest BCUT2D eigenvalue weighted by atomic mass is 32.2. The summed E-state index contributed by atoms with van der Waals surface area (Å²) in [6, 6.07) is 0.228. The first-order chi connectivity index (χ1) is 8.22. The van der Waals surface area contributed by atoms with Crippen LogP contribution in [0, 0.1) is 0 Å². The largest absolute Gasteiger partial charge is 0.481 e. The highest BCUT2D eigenvalue weighted by Crippen LogP contribution is 2.34. The Labute approximate surface area is 103 Å². The molecule has 0 spiro atoms. The molecule has 94 valence electrons. The molecule has 1 fully saturated rings. The summed E-state index contributed by atoms with van der Waals surface area (Å²) < 4.78 is 7.37. The second-order valence-corrected chi connectivity index (χ2v) is 4.92. The van der Waals surface area contributed by atoms with E-state index in [0.29, 0.717) is 5.16 Å². The molecule has 0 saturated heterocycles.